The summed E-state index contributed by atoms with van der Waals surface area (Å²) >= 11 is 0. The number of carbonyl (C=O) groups is 4. The van der Waals surface area contributed by atoms with Crippen LogP contribution in [0.1, 0.15) is 40.5 Å². The van der Waals surface area contributed by atoms with Gasteiger partial charge in [-0.25, -0.2) is 0 Å². The SMILES string of the molecule is CCCSSC[C@H](NC(C)=O)C(=O)[O-].CCCSSC[C@H](NC(C)=O)C(=O)[O-].[Mg+2]. The van der Waals surface area contributed by atoms with Crippen LogP contribution in [0.5, 0.6) is 0 Å². The van der Waals surface area contributed by atoms with Crippen molar-refractivity contribution in [3.8, 4) is 0 Å². The van der Waals surface area contributed by atoms with Gasteiger partial charge in [0.25, 0.3) is 0 Å². The molecular weight excluding hydrogens is 469 g/mol. The number of carboxylic acids is 2. The molecule has 0 rings (SSSR count). The van der Waals surface area contributed by atoms with Gasteiger partial charge in [-0.15, -0.1) is 0 Å². The van der Waals surface area contributed by atoms with Crippen molar-refractivity contribution in [2.24, 2.45) is 0 Å². The first-order valence-electron chi connectivity index (χ1n) is 8.60. The fourth-order valence-corrected chi connectivity index (χ4v) is 5.92. The van der Waals surface area contributed by atoms with Crippen LogP contribution in [-0.2, 0) is 19.2 Å². The molecule has 0 aliphatic carbocycles. The minimum absolute atomic E-state index is 0. The van der Waals surface area contributed by atoms with E-state index in [1.807, 2.05) is 0 Å². The van der Waals surface area contributed by atoms with Crippen LogP contribution in [0.3, 0.4) is 0 Å². The Morgan fingerprint density at radius 2 is 1.03 bits per heavy atom. The zero-order valence-electron chi connectivity index (χ0n) is 17.2. The van der Waals surface area contributed by atoms with E-state index >= 15 is 0 Å². The molecule has 0 aromatic carbocycles. The third kappa shape index (κ3) is 24.2. The van der Waals surface area contributed by atoms with Gasteiger partial charge >= 0.3 is 23.1 Å². The number of aliphatic carboxylic acids is 2. The smallest absolute Gasteiger partial charge is 0.548 e. The second-order valence-electron chi connectivity index (χ2n) is 5.36. The Morgan fingerprint density at radius 1 is 0.724 bits per heavy atom. The van der Waals surface area contributed by atoms with E-state index in [-0.39, 0.29) is 34.9 Å². The number of amides is 2. The van der Waals surface area contributed by atoms with Crippen LogP contribution < -0.4 is 20.8 Å². The molecule has 0 aromatic rings. The number of hydrogen-bond acceptors (Lipinski definition) is 10. The Kier molecular flexibility index (Phi) is 26.4. The molecule has 0 unspecified atom stereocenters. The summed E-state index contributed by atoms with van der Waals surface area (Å²) in [4.78, 5) is 42.4. The van der Waals surface area contributed by atoms with Crippen molar-refractivity contribution in [3.63, 3.8) is 0 Å². The van der Waals surface area contributed by atoms with Crippen LogP contribution in [0.4, 0.5) is 0 Å². The minimum atomic E-state index is -1.23. The van der Waals surface area contributed by atoms with E-state index in [4.69, 9.17) is 0 Å². The van der Waals surface area contributed by atoms with Gasteiger partial charge < -0.3 is 30.4 Å². The maximum atomic E-state index is 10.6. The number of rotatable bonds is 14. The van der Waals surface area contributed by atoms with Crippen molar-refractivity contribution in [1.82, 2.24) is 10.6 Å². The van der Waals surface area contributed by atoms with E-state index in [1.165, 1.54) is 35.4 Å². The van der Waals surface area contributed by atoms with Crippen LogP contribution >= 0.6 is 43.2 Å². The van der Waals surface area contributed by atoms with Gasteiger partial charge in [0.2, 0.25) is 11.8 Å². The molecule has 0 saturated heterocycles. The normalized spacial score (nSPS) is 11.7. The molecule has 2 amide bonds. The van der Waals surface area contributed by atoms with Crippen molar-refractivity contribution in [2.75, 3.05) is 23.0 Å². The molecule has 8 nitrogen and oxygen atoms in total. The molecule has 0 radical (unpaired) electrons. The van der Waals surface area contributed by atoms with Crippen LogP contribution in [0, 0.1) is 0 Å². The predicted molar refractivity (Wildman–Crippen MR) is 121 cm³/mol. The predicted octanol–water partition coefficient (Wildman–Crippen LogP) is -0.316. The molecule has 0 aliphatic rings. The van der Waals surface area contributed by atoms with E-state index in [0.29, 0.717) is 11.5 Å². The Hall–Kier alpha value is 0.0462. The van der Waals surface area contributed by atoms with Crippen LogP contribution in [0.15, 0.2) is 0 Å². The molecule has 164 valence electrons. The first-order valence-corrected chi connectivity index (χ1v) is 13.6. The molecule has 2 N–H and O–H groups in total. The average Bonchev–Trinajstić information content (AvgIpc) is 2.60. The van der Waals surface area contributed by atoms with Crippen molar-refractivity contribution < 1.29 is 29.4 Å². The standard InChI is InChI=1S/2C8H15NO3S2.Mg/c2*1-3-4-13-14-5-7(8(11)12)9-6(2)10;/h2*7H,3-5H2,1-2H3,(H,9,10)(H,11,12);/q;;+2/p-2/t2*7-;/m00./s1. The minimum Gasteiger partial charge on any atom is -0.548 e. The van der Waals surface area contributed by atoms with E-state index in [9.17, 15) is 29.4 Å². The number of carbonyl (C=O) groups excluding carboxylic acids is 4. The number of carboxylic acid groups (broad SMARTS) is 2. The fourth-order valence-electron chi connectivity index (χ4n) is 1.34. The van der Waals surface area contributed by atoms with Crippen LogP contribution in [0.2, 0.25) is 0 Å². The van der Waals surface area contributed by atoms with Gasteiger partial charge in [-0.2, -0.15) is 0 Å². The average molecular weight is 497 g/mol. The summed E-state index contributed by atoms with van der Waals surface area (Å²) in [5.74, 6) is -0.524. The molecule has 0 saturated carbocycles. The number of hydrogen-bond donors (Lipinski definition) is 2. The quantitative estimate of drug-likeness (QED) is 0.187. The van der Waals surface area contributed by atoms with Crippen molar-refractivity contribution >= 4 is 90.0 Å². The summed E-state index contributed by atoms with van der Waals surface area (Å²) in [5.41, 5.74) is 0. The van der Waals surface area contributed by atoms with Crippen LogP contribution in [-0.4, -0.2) is 81.9 Å². The monoisotopic (exact) mass is 496 g/mol. The maximum absolute atomic E-state index is 10.6. The van der Waals surface area contributed by atoms with Gasteiger partial charge in [0.1, 0.15) is 0 Å². The van der Waals surface area contributed by atoms with Gasteiger partial charge in [0, 0.05) is 36.9 Å². The van der Waals surface area contributed by atoms with E-state index in [2.05, 4.69) is 24.5 Å². The third-order valence-corrected chi connectivity index (χ3v) is 7.77. The Labute approximate surface area is 204 Å². The first kappa shape index (κ1) is 33.7. The molecular formula is C16H28MgN2O6S4. The van der Waals surface area contributed by atoms with E-state index in [0.717, 1.165) is 24.3 Å². The van der Waals surface area contributed by atoms with Gasteiger partial charge in [-0.1, -0.05) is 57.0 Å². The topological polar surface area (TPSA) is 138 Å². The summed E-state index contributed by atoms with van der Waals surface area (Å²) in [6.45, 7) is 6.69. The Bertz CT molecular complexity index is 446. The second-order valence-corrected chi connectivity index (χ2v) is 10.6. The zero-order valence-corrected chi connectivity index (χ0v) is 21.9. The third-order valence-electron chi connectivity index (χ3n) is 2.54. The summed E-state index contributed by atoms with van der Waals surface area (Å²) in [7, 11) is 6.08. The molecule has 0 aliphatic heterocycles. The summed E-state index contributed by atoms with van der Waals surface area (Å²) in [5, 5.41) is 25.7. The fraction of sp³-hybridized carbons (Fsp3) is 0.750. The van der Waals surface area contributed by atoms with Crippen molar-refractivity contribution in [1.29, 1.82) is 0 Å². The molecule has 2 atom stereocenters. The molecule has 0 aromatic heterocycles. The second kappa shape index (κ2) is 22.7. The first-order chi connectivity index (χ1) is 13.1. The summed E-state index contributed by atoms with van der Waals surface area (Å²) in [6, 6.07) is -1.77. The van der Waals surface area contributed by atoms with Gasteiger partial charge in [0.15, 0.2) is 0 Å². The molecule has 0 heterocycles. The zero-order chi connectivity index (χ0) is 21.9. The van der Waals surface area contributed by atoms with E-state index in [1.54, 1.807) is 21.6 Å². The van der Waals surface area contributed by atoms with Crippen LogP contribution in [0.25, 0.3) is 0 Å². The van der Waals surface area contributed by atoms with Gasteiger partial charge in [-0.3, -0.25) is 9.59 Å². The van der Waals surface area contributed by atoms with E-state index < -0.39 is 24.0 Å². The largest absolute Gasteiger partial charge is 2.00 e. The molecule has 0 bridgehead atoms. The van der Waals surface area contributed by atoms with Crippen molar-refractivity contribution in [3.05, 3.63) is 0 Å². The Balaban J connectivity index is -0.000000451. The molecule has 29 heavy (non-hydrogen) atoms. The summed E-state index contributed by atoms with van der Waals surface area (Å²) in [6.07, 6.45) is 2.10. The molecule has 0 spiro atoms. The molecule has 13 heteroatoms. The Morgan fingerprint density at radius 3 is 1.24 bits per heavy atom. The molecule has 0 fully saturated rings. The maximum Gasteiger partial charge on any atom is 2.00 e. The van der Waals surface area contributed by atoms with Gasteiger partial charge in [-0.05, 0) is 12.8 Å². The number of nitrogens with one attached hydrogen (secondary N) is 2. The summed E-state index contributed by atoms with van der Waals surface area (Å²) < 4.78 is 0. The van der Waals surface area contributed by atoms with Gasteiger partial charge in [0.05, 0.1) is 24.0 Å². The van der Waals surface area contributed by atoms with Crippen molar-refractivity contribution in [2.45, 2.75) is 52.6 Å².